The monoisotopic (exact) mass is 225 g/mol. The molecule has 4 heteroatoms. The number of nitrogens with zero attached hydrogens (tertiary/aromatic N) is 1. The van der Waals surface area contributed by atoms with Crippen LogP contribution in [0.3, 0.4) is 0 Å². The Hall–Kier alpha value is -0.456. The van der Waals surface area contributed by atoms with Gasteiger partial charge in [-0.15, -0.1) is 0 Å². The average molecular weight is 225 g/mol. The molecule has 1 heterocycles. The third kappa shape index (κ3) is 3.36. The Morgan fingerprint density at radius 3 is 2.21 bits per heavy atom. The summed E-state index contributed by atoms with van der Waals surface area (Å²) in [5.41, 5.74) is 0. The Balaban J connectivity index is 2.86. The van der Waals surface area contributed by atoms with Gasteiger partial charge in [-0.25, -0.2) is 0 Å². The van der Waals surface area contributed by atoms with Crippen LogP contribution in [0.5, 0.6) is 0 Å². The molecular formula is C10H19NOSi2. The first-order valence-corrected chi connectivity index (χ1v) is 11.2. The van der Waals surface area contributed by atoms with Gasteiger partial charge in [0.15, 0.2) is 8.32 Å². The molecule has 0 aliphatic heterocycles. The maximum absolute atomic E-state index is 6.25. The first-order chi connectivity index (χ1) is 6.31. The zero-order valence-electron chi connectivity index (χ0n) is 9.66. The fraction of sp³-hybridized carbons (Fsp3) is 0.500. The summed E-state index contributed by atoms with van der Waals surface area (Å²) in [4.78, 5) is 4.15. The molecule has 0 fully saturated rings. The summed E-state index contributed by atoms with van der Waals surface area (Å²) >= 11 is 0. The molecule has 0 aromatic carbocycles. The summed E-state index contributed by atoms with van der Waals surface area (Å²) in [6.45, 7) is 11.2. The highest BCUT2D eigenvalue weighted by atomic mass is 28.4. The van der Waals surface area contributed by atoms with Gasteiger partial charge in [-0.05, 0) is 44.0 Å². The Labute approximate surface area is 88.6 Å². The summed E-state index contributed by atoms with van der Waals surface area (Å²) < 4.78 is 6.25. The van der Waals surface area contributed by atoms with Gasteiger partial charge < -0.3 is 4.12 Å². The van der Waals surface area contributed by atoms with Crippen LogP contribution in [0.15, 0.2) is 24.5 Å². The van der Waals surface area contributed by atoms with Crippen molar-refractivity contribution in [1.82, 2.24) is 4.98 Å². The van der Waals surface area contributed by atoms with E-state index < -0.39 is 16.6 Å². The average Bonchev–Trinajstić information content (AvgIpc) is 2.01. The highest BCUT2D eigenvalue weighted by Crippen LogP contribution is 2.13. The minimum atomic E-state index is -1.72. The first-order valence-electron chi connectivity index (χ1n) is 4.92. The van der Waals surface area contributed by atoms with Crippen LogP contribution in [-0.4, -0.2) is 21.6 Å². The lowest BCUT2D eigenvalue weighted by molar-refractivity contribution is 0.566. The maximum atomic E-state index is 6.25. The van der Waals surface area contributed by atoms with E-state index >= 15 is 0 Å². The largest absolute Gasteiger partial charge is 0.452 e. The fourth-order valence-electron chi connectivity index (χ4n) is 1.54. The molecule has 14 heavy (non-hydrogen) atoms. The van der Waals surface area contributed by atoms with E-state index in [2.05, 4.69) is 43.8 Å². The molecule has 2 nitrogen and oxygen atoms in total. The summed E-state index contributed by atoms with van der Waals surface area (Å²) in [5, 5.41) is 1.28. The van der Waals surface area contributed by atoms with Crippen LogP contribution in [0.4, 0.5) is 0 Å². The predicted octanol–water partition coefficient (Wildman–Crippen LogP) is 2.35. The molecule has 1 rings (SSSR count). The summed E-state index contributed by atoms with van der Waals surface area (Å²) in [6, 6.07) is 4.11. The minimum Gasteiger partial charge on any atom is -0.452 e. The molecule has 0 unspecified atom stereocenters. The van der Waals surface area contributed by atoms with Gasteiger partial charge in [0.05, 0.1) is 0 Å². The number of pyridine rings is 1. The minimum absolute atomic E-state index is 1.28. The lowest BCUT2D eigenvalue weighted by atomic mass is 10.5. The third-order valence-corrected chi connectivity index (χ3v) is 8.09. The van der Waals surface area contributed by atoms with Crippen LogP contribution in [0.2, 0.25) is 32.7 Å². The second kappa shape index (κ2) is 3.96. The number of hydrogen-bond acceptors (Lipinski definition) is 2. The van der Waals surface area contributed by atoms with Crippen molar-refractivity contribution in [2.24, 2.45) is 0 Å². The molecule has 0 saturated heterocycles. The van der Waals surface area contributed by atoms with E-state index in [1.165, 1.54) is 5.19 Å². The molecule has 0 amide bonds. The van der Waals surface area contributed by atoms with Crippen LogP contribution >= 0.6 is 0 Å². The van der Waals surface area contributed by atoms with E-state index in [0.717, 1.165) is 0 Å². The SMILES string of the molecule is C[Si](C)(C)O[Si](C)(C)c1cccnc1. The molecule has 0 saturated carbocycles. The van der Waals surface area contributed by atoms with Gasteiger partial charge in [-0.1, -0.05) is 6.07 Å². The Morgan fingerprint density at radius 2 is 1.79 bits per heavy atom. The second-order valence-corrected chi connectivity index (χ2v) is 13.6. The molecule has 1 aromatic rings. The molecule has 78 valence electrons. The van der Waals surface area contributed by atoms with Crippen molar-refractivity contribution in [3.05, 3.63) is 24.5 Å². The van der Waals surface area contributed by atoms with Gasteiger partial charge in [0.25, 0.3) is 0 Å². The van der Waals surface area contributed by atoms with Crippen LogP contribution in [0.25, 0.3) is 0 Å². The summed E-state index contributed by atoms with van der Waals surface area (Å²) in [5.74, 6) is 0. The smallest absolute Gasteiger partial charge is 0.207 e. The summed E-state index contributed by atoms with van der Waals surface area (Å²) in [6.07, 6.45) is 3.74. The van der Waals surface area contributed by atoms with Crippen molar-refractivity contribution in [3.8, 4) is 0 Å². The van der Waals surface area contributed by atoms with Crippen LogP contribution in [-0.2, 0) is 4.12 Å². The predicted molar refractivity (Wildman–Crippen MR) is 65.8 cm³/mol. The third-order valence-electron chi connectivity index (χ3n) is 1.92. The molecule has 0 atom stereocenters. The van der Waals surface area contributed by atoms with Crippen molar-refractivity contribution >= 4 is 21.8 Å². The van der Waals surface area contributed by atoms with E-state index in [1.807, 2.05) is 18.5 Å². The quantitative estimate of drug-likeness (QED) is 0.737. The lowest BCUT2D eigenvalue weighted by Gasteiger charge is -2.31. The Kier molecular flexibility index (Phi) is 3.29. The van der Waals surface area contributed by atoms with Crippen LogP contribution < -0.4 is 5.19 Å². The van der Waals surface area contributed by atoms with E-state index in [1.54, 1.807) is 0 Å². The Morgan fingerprint density at radius 1 is 1.14 bits per heavy atom. The lowest BCUT2D eigenvalue weighted by Crippen LogP contribution is -2.51. The van der Waals surface area contributed by atoms with Crippen LogP contribution in [0, 0.1) is 0 Å². The number of rotatable bonds is 3. The van der Waals surface area contributed by atoms with Gasteiger partial charge in [-0.3, -0.25) is 4.98 Å². The van der Waals surface area contributed by atoms with Crippen molar-refractivity contribution in [1.29, 1.82) is 0 Å². The number of hydrogen-bond donors (Lipinski definition) is 0. The topological polar surface area (TPSA) is 22.1 Å². The highest BCUT2D eigenvalue weighted by molar-refractivity contribution is 6.91. The highest BCUT2D eigenvalue weighted by Gasteiger charge is 2.31. The van der Waals surface area contributed by atoms with E-state index in [9.17, 15) is 0 Å². The molecule has 0 spiro atoms. The molecule has 0 aliphatic rings. The Bertz CT molecular complexity index is 293. The second-order valence-electron chi connectivity index (χ2n) is 4.97. The molecule has 0 N–H and O–H groups in total. The zero-order chi connectivity index (χ0) is 10.8. The van der Waals surface area contributed by atoms with Crippen molar-refractivity contribution < 1.29 is 4.12 Å². The van der Waals surface area contributed by atoms with Gasteiger partial charge >= 0.3 is 0 Å². The van der Waals surface area contributed by atoms with Gasteiger partial charge in [0.2, 0.25) is 8.32 Å². The van der Waals surface area contributed by atoms with Crippen molar-refractivity contribution in [3.63, 3.8) is 0 Å². The molecule has 0 aliphatic carbocycles. The van der Waals surface area contributed by atoms with Gasteiger partial charge in [0.1, 0.15) is 0 Å². The molecule has 0 radical (unpaired) electrons. The van der Waals surface area contributed by atoms with Crippen LogP contribution in [0.1, 0.15) is 0 Å². The van der Waals surface area contributed by atoms with Gasteiger partial charge in [-0.2, -0.15) is 0 Å². The van der Waals surface area contributed by atoms with Crippen molar-refractivity contribution in [2.75, 3.05) is 0 Å². The van der Waals surface area contributed by atoms with E-state index in [0.29, 0.717) is 0 Å². The van der Waals surface area contributed by atoms with E-state index in [-0.39, 0.29) is 0 Å². The zero-order valence-corrected chi connectivity index (χ0v) is 11.7. The molecule has 0 bridgehead atoms. The van der Waals surface area contributed by atoms with Gasteiger partial charge in [0, 0.05) is 12.4 Å². The standard InChI is InChI=1S/C10H19NOSi2/c1-13(2,3)12-14(4,5)10-7-6-8-11-9-10/h6-9H,1-5H3. The number of aromatic nitrogens is 1. The molecule has 1 aromatic heterocycles. The maximum Gasteiger partial charge on any atom is 0.207 e. The normalized spacial score (nSPS) is 12.9. The first kappa shape index (κ1) is 11.6. The van der Waals surface area contributed by atoms with E-state index in [4.69, 9.17) is 4.12 Å². The van der Waals surface area contributed by atoms with Crippen molar-refractivity contribution in [2.45, 2.75) is 32.7 Å². The molecular weight excluding hydrogens is 206 g/mol. The fourth-order valence-corrected chi connectivity index (χ4v) is 9.02. The summed E-state index contributed by atoms with van der Waals surface area (Å²) in [7, 11) is -3.16.